The Morgan fingerprint density at radius 2 is 2.08 bits per heavy atom. The molecule has 4 rings (SSSR count). The van der Waals surface area contributed by atoms with Crippen LogP contribution in [0.25, 0.3) is 10.9 Å². The van der Waals surface area contributed by atoms with Gasteiger partial charge in [0.1, 0.15) is 6.04 Å². The van der Waals surface area contributed by atoms with Crippen LogP contribution in [0.5, 0.6) is 0 Å². The van der Waals surface area contributed by atoms with Crippen molar-refractivity contribution in [2.24, 2.45) is 0 Å². The van der Waals surface area contributed by atoms with Gasteiger partial charge in [0.05, 0.1) is 6.54 Å². The summed E-state index contributed by atoms with van der Waals surface area (Å²) in [7, 11) is 0. The Hall–Kier alpha value is -3.23. The minimum absolute atomic E-state index is 0.0715. The number of carbonyl (C=O) groups excluding carboxylic acids is 2. The van der Waals surface area contributed by atoms with E-state index in [0.717, 1.165) is 22.9 Å². The number of nitrogens with zero attached hydrogens (tertiary/aromatic N) is 5. The third-order valence-electron chi connectivity index (χ3n) is 4.55. The molecule has 1 unspecified atom stereocenters. The van der Waals surface area contributed by atoms with Crippen LogP contribution in [0.4, 0.5) is 4.79 Å². The number of imide groups is 1. The number of fused-ring (bicyclic) bond motifs is 1. The number of benzene rings is 1. The molecule has 26 heavy (non-hydrogen) atoms. The molecule has 1 fully saturated rings. The summed E-state index contributed by atoms with van der Waals surface area (Å²) in [6.45, 7) is 2.73. The topological polar surface area (TPSA) is 109 Å². The molecule has 3 aromatic rings. The molecule has 1 aliphatic heterocycles. The third-order valence-corrected chi connectivity index (χ3v) is 4.55. The highest BCUT2D eigenvalue weighted by Crippen LogP contribution is 2.21. The van der Waals surface area contributed by atoms with E-state index in [0.29, 0.717) is 18.8 Å². The van der Waals surface area contributed by atoms with Gasteiger partial charge >= 0.3 is 6.03 Å². The molecule has 9 heteroatoms. The van der Waals surface area contributed by atoms with Crippen LogP contribution in [0.1, 0.15) is 24.7 Å². The largest absolute Gasteiger partial charge is 0.361 e. The van der Waals surface area contributed by atoms with E-state index in [9.17, 15) is 9.59 Å². The molecule has 1 aromatic carbocycles. The number of hydrogen-bond donors (Lipinski definition) is 2. The van der Waals surface area contributed by atoms with Crippen LogP contribution in [0, 0.1) is 0 Å². The molecule has 134 valence electrons. The summed E-state index contributed by atoms with van der Waals surface area (Å²) in [6, 6.07) is 6.89. The summed E-state index contributed by atoms with van der Waals surface area (Å²) in [5.41, 5.74) is 2.01. The van der Waals surface area contributed by atoms with Gasteiger partial charge in [-0.3, -0.25) is 9.69 Å². The molecule has 0 aliphatic carbocycles. The summed E-state index contributed by atoms with van der Waals surface area (Å²) in [5.74, 6) is 0.245. The van der Waals surface area contributed by atoms with Crippen LogP contribution in [-0.4, -0.2) is 48.1 Å². The van der Waals surface area contributed by atoms with Gasteiger partial charge in [0.25, 0.3) is 5.91 Å². The number of amides is 3. The number of tetrazole rings is 1. The van der Waals surface area contributed by atoms with Crippen LogP contribution >= 0.6 is 0 Å². The van der Waals surface area contributed by atoms with Crippen LogP contribution < -0.4 is 5.32 Å². The van der Waals surface area contributed by atoms with E-state index in [2.05, 4.69) is 25.8 Å². The van der Waals surface area contributed by atoms with Crippen LogP contribution in [0.15, 0.2) is 30.5 Å². The van der Waals surface area contributed by atoms with Gasteiger partial charge in [0.15, 0.2) is 5.82 Å². The number of rotatable bonds is 6. The van der Waals surface area contributed by atoms with Gasteiger partial charge in [-0.15, -0.1) is 5.10 Å². The Morgan fingerprint density at radius 3 is 2.92 bits per heavy atom. The van der Waals surface area contributed by atoms with Gasteiger partial charge in [-0.2, -0.15) is 0 Å². The second-order valence-electron chi connectivity index (χ2n) is 6.31. The molecule has 0 saturated carbocycles. The molecule has 0 radical (unpaired) electrons. The first kappa shape index (κ1) is 16.2. The fraction of sp³-hybridized carbons (Fsp3) is 0.353. The maximum atomic E-state index is 12.7. The highest BCUT2D eigenvalue weighted by molar-refractivity contribution is 6.04. The van der Waals surface area contributed by atoms with Crippen molar-refractivity contribution in [1.82, 2.24) is 35.4 Å². The zero-order valence-corrected chi connectivity index (χ0v) is 14.3. The van der Waals surface area contributed by atoms with Crippen LogP contribution in [0.3, 0.4) is 0 Å². The number of hydrogen-bond acceptors (Lipinski definition) is 5. The smallest absolute Gasteiger partial charge is 0.325 e. The fourth-order valence-corrected chi connectivity index (χ4v) is 3.25. The number of carbonyl (C=O) groups is 2. The first-order valence-electron chi connectivity index (χ1n) is 8.59. The molecule has 1 aliphatic rings. The molecule has 3 amide bonds. The predicted octanol–water partition coefficient (Wildman–Crippen LogP) is 1.23. The number of aromatic amines is 1. The van der Waals surface area contributed by atoms with E-state index in [1.165, 1.54) is 4.90 Å². The maximum Gasteiger partial charge on any atom is 0.325 e. The van der Waals surface area contributed by atoms with Crippen molar-refractivity contribution >= 4 is 22.8 Å². The number of aryl methyl sites for hydroxylation is 1. The van der Waals surface area contributed by atoms with Gasteiger partial charge in [0, 0.05) is 30.1 Å². The lowest BCUT2D eigenvalue weighted by Crippen LogP contribution is -2.33. The summed E-state index contributed by atoms with van der Waals surface area (Å²) >= 11 is 0. The van der Waals surface area contributed by atoms with E-state index in [1.807, 2.05) is 37.4 Å². The lowest BCUT2D eigenvalue weighted by molar-refractivity contribution is -0.127. The fourth-order valence-electron chi connectivity index (χ4n) is 3.25. The average molecular weight is 353 g/mol. The summed E-state index contributed by atoms with van der Waals surface area (Å²) in [5, 5.41) is 15.3. The zero-order chi connectivity index (χ0) is 18.1. The lowest BCUT2D eigenvalue weighted by atomic mass is 10.1. The van der Waals surface area contributed by atoms with E-state index in [4.69, 9.17) is 0 Å². The van der Waals surface area contributed by atoms with Gasteiger partial charge in [-0.1, -0.05) is 25.1 Å². The first-order chi connectivity index (χ1) is 12.7. The first-order valence-corrected chi connectivity index (χ1v) is 8.59. The highest BCUT2D eigenvalue weighted by atomic mass is 16.2. The molecular weight excluding hydrogens is 334 g/mol. The van der Waals surface area contributed by atoms with Crippen molar-refractivity contribution in [3.05, 3.63) is 41.9 Å². The number of aromatic nitrogens is 5. The van der Waals surface area contributed by atoms with E-state index < -0.39 is 12.1 Å². The highest BCUT2D eigenvalue weighted by Gasteiger charge is 2.39. The molecular formula is C17H19N7O2. The second-order valence-corrected chi connectivity index (χ2v) is 6.31. The van der Waals surface area contributed by atoms with E-state index >= 15 is 0 Å². The summed E-state index contributed by atoms with van der Waals surface area (Å²) in [6.07, 6.45) is 3.18. The van der Waals surface area contributed by atoms with Gasteiger partial charge < -0.3 is 10.3 Å². The standard InChI is InChI=1S/C17H19N7O2/c1-2-7-24-15(20-21-22-24)10-23-16(25)14(19-17(23)26)8-11-9-18-13-6-4-3-5-12(11)13/h3-6,9,14,18H,2,7-8,10H2,1H3,(H,19,26). The Kier molecular flexibility index (Phi) is 4.11. The Labute approximate surface area is 149 Å². The zero-order valence-electron chi connectivity index (χ0n) is 14.3. The van der Waals surface area contributed by atoms with Crippen molar-refractivity contribution in [1.29, 1.82) is 0 Å². The quantitative estimate of drug-likeness (QED) is 0.648. The van der Waals surface area contributed by atoms with E-state index in [-0.39, 0.29) is 12.5 Å². The SMILES string of the molecule is CCCn1nnnc1CN1C(=O)NC(Cc2c[nH]c3ccccc23)C1=O. The monoisotopic (exact) mass is 353 g/mol. The second kappa shape index (κ2) is 6.58. The number of urea groups is 1. The molecule has 0 bridgehead atoms. The van der Waals surface area contributed by atoms with Gasteiger partial charge in [-0.25, -0.2) is 9.48 Å². The molecule has 0 spiro atoms. The molecule has 1 atom stereocenters. The van der Waals surface area contributed by atoms with Gasteiger partial charge in [-0.05, 0) is 28.5 Å². The normalized spacial score (nSPS) is 17.3. The minimum atomic E-state index is -0.586. The molecule has 9 nitrogen and oxygen atoms in total. The maximum absolute atomic E-state index is 12.7. The predicted molar refractivity (Wildman–Crippen MR) is 93.0 cm³/mol. The van der Waals surface area contributed by atoms with Crippen molar-refractivity contribution in [3.8, 4) is 0 Å². The number of nitrogens with one attached hydrogen (secondary N) is 2. The molecule has 1 saturated heterocycles. The van der Waals surface area contributed by atoms with Crippen molar-refractivity contribution in [3.63, 3.8) is 0 Å². The molecule has 2 aromatic heterocycles. The van der Waals surface area contributed by atoms with Crippen molar-refractivity contribution in [2.45, 2.75) is 38.9 Å². The van der Waals surface area contributed by atoms with Gasteiger partial charge in [0.2, 0.25) is 0 Å². The molecule has 3 heterocycles. The summed E-state index contributed by atoms with van der Waals surface area (Å²) in [4.78, 5) is 29.4. The van der Waals surface area contributed by atoms with Crippen LogP contribution in [-0.2, 0) is 24.3 Å². The Balaban J connectivity index is 1.51. The Morgan fingerprint density at radius 1 is 1.23 bits per heavy atom. The lowest BCUT2D eigenvalue weighted by Gasteiger charge is -2.12. The number of H-pyrrole nitrogens is 1. The summed E-state index contributed by atoms with van der Waals surface area (Å²) < 4.78 is 1.62. The number of para-hydroxylation sites is 1. The molecule has 2 N–H and O–H groups in total. The average Bonchev–Trinajstić information content (AvgIpc) is 3.32. The van der Waals surface area contributed by atoms with Crippen molar-refractivity contribution < 1.29 is 9.59 Å². The third kappa shape index (κ3) is 2.81. The van der Waals surface area contributed by atoms with Crippen molar-refractivity contribution in [2.75, 3.05) is 0 Å². The minimum Gasteiger partial charge on any atom is -0.361 e. The van der Waals surface area contributed by atoms with E-state index in [1.54, 1.807) is 4.68 Å². The van der Waals surface area contributed by atoms with Crippen LogP contribution in [0.2, 0.25) is 0 Å². The Bertz CT molecular complexity index is 961.